The molecule has 2 rings (SSSR count). The van der Waals surface area contributed by atoms with Crippen LogP contribution in [0.4, 0.5) is 0 Å². The quantitative estimate of drug-likeness (QED) is 0.673. The second-order valence-corrected chi connectivity index (χ2v) is 6.35. The van der Waals surface area contributed by atoms with E-state index in [-0.39, 0.29) is 0 Å². The Kier molecular flexibility index (Phi) is 7.28. The summed E-state index contributed by atoms with van der Waals surface area (Å²) in [6, 6.07) is 0. The molecule has 0 aromatic heterocycles. The lowest BCUT2D eigenvalue weighted by Crippen LogP contribution is -2.36. The van der Waals surface area contributed by atoms with Gasteiger partial charge in [-0.2, -0.15) is 5.48 Å². The number of aliphatic hydroxyl groups is 1. The van der Waals surface area contributed by atoms with Crippen molar-refractivity contribution in [2.45, 2.75) is 83.0 Å². The largest absolute Gasteiger partial charge is 0.389 e. The average molecular weight is 285 g/mol. The van der Waals surface area contributed by atoms with E-state index < -0.39 is 6.10 Å². The lowest BCUT2D eigenvalue weighted by Gasteiger charge is -2.31. The zero-order valence-corrected chi connectivity index (χ0v) is 12.9. The maximum absolute atomic E-state index is 9.95. The number of hydrogen-bond acceptors (Lipinski definition) is 4. The molecule has 4 heteroatoms. The highest BCUT2D eigenvalue weighted by atomic mass is 16.7. The third kappa shape index (κ3) is 5.32. The first-order chi connectivity index (χ1) is 9.79. The van der Waals surface area contributed by atoms with Gasteiger partial charge in [-0.15, -0.1) is 0 Å². The molecule has 0 aromatic rings. The van der Waals surface area contributed by atoms with Gasteiger partial charge in [0.05, 0.1) is 24.9 Å². The number of hydroxylamine groups is 1. The van der Waals surface area contributed by atoms with Crippen molar-refractivity contribution in [3.05, 3.63) is 0 Å². The Bertz CT molecular complexity index is 256. The molecule has 118 valence electrons. The maximum atomic E-state index is 9.95. The number of hydrogen-bond donors (Lipinski definition) is 2. The van der Waals surface area contributed by atoms with Gasteiger partial charge in [0.15, 0.2) is 0 Å². The summed E-state index contributed by atoms with van der Waals surface area (Å²) in [6.45, 7) is 3.11. The first-order valence-corrected chi connectivity index (χ1v) is 8.47. The molecule has 0 radical (unpaired) electrons. The van der Waals surface area contributed by atoms with Gasteiger partial charge in [0.2, 0.25) is 0 Å². The first kappa shape index (κ1) is 16.2. The minimum atomic E-state index is -0.476. The zero-order valence-electron chi connectivity index (χ0n) is 12.9. The van der Waals surface area contributed by atoms with E-state index >= 15 is 0 Å². The van der Waals surface area contributed by atoms with Gasteiger partial charge in [-0.3, -0.25) is 4.84 Å². The van der Waals surface area contributed by atoms with E-state index in [1.165, 1.54) is 38.5 Å². The molecule has 4 nitrogen and oxygen atoms in total. The lowest BCUT2D eigenvalue weighted by atomic mass is 9.85. The Morgan fingerprint density at radius 3 is 2.55 bits per heavy atom. The number of aliphatic hydroxyl groups excluding tert-OH is 1. The molecule has 0 aromatic carbocycles. The normalized spacial score (nSPS) is 29.7. The molecule has 2 aliphatic carbocycles. The Hall–Kier alpha value is -0.160. The van der Waals surface area contributed by atoms with Gasteiger partial charge < -0.3 is 9.84 Å². The standard InChI is InChI=1S/C16H31NO3/c1-2-13-7-3-6-10-16(13)19-12-14(18)11-17-20-15-8-4-5-9-15/h13-18H,2-12H2,1H3. The number of nitrogens with one attached hydrogen (secondary N) is 1. The minimum absolute atomic E-state index is 0.339. The molecule has 0 spiro atoms. The van der Waals surface area contributed by atoms with E-state index in [9.17, 15) is 5.11 Å². The Balaban J connectivity index is 1.55. The van der Waals surface area contributed by atoms with Crippen molar-refractivity contribution in [1.29, 1.82) is 0 Å². The summed E-state index contributed by atoms with van der Waals surface area (Å²) in [5.41, 5.74) is 2.91. The summed E-state index contributed by atoms with van der Waals surface area (Å²) in [4.78, 5) is 5.54. The molecule has 2 N–H and O–H groups in total. The van der Waals surface area contributed by atoms with E-state index in [0.29, 0.717) is 31.3 Å². The maximum Gasteiger partial charge on any atom is 0.0921 e. The molecule has 2 aliphatic rings. The third-order valence-electron chi connectivity index (χ3n) is 4.74. The van der Waals surface area contributed by atoms with Crippen LogP contribution in [-0.4, -0.2) is 36.6 Å². The average Bonchev–Trinajstić information content (AvgIpc) is 2.98. The van der Waals surface area contributed by atoms with Gasteiger partial charge in [-0.1, -0.05) is 39.0 Å². The predicted molar refractivity (Wildman–Crippen MR) is 79.3 cm³/mol. The third-order valence-corrected chi connectivity index (χ3v) is 4.74. The molecule has 2 saturated carbocycles. The van der Waals surface area contributed by atoms with Crippen LogP contribution in [0, 0.1) is 5.92 Å². The number of ether oxygens (including phenoxy) is 1. The molecule has 3 unspecified atom stereocenters. The monoisotopic (exact) mass is 285 g/mol. The minimum Gasteiger partial charge on any atom is -0.389 e. The van der Waals surface area contributed by atoms with Crippen LogP contribution >= 0.6 is 0 Å². The van der Waals surface area contributed by atoms with E-state index in [2.05, 4.69) is 12.4 Å². The predicted octanol–water partition coefficient (Wildman–Crippen LogP) is 2.80. The molecule has 0 saturated heterocycles. The van der Waals surface area contributed by atoms with Gasteiger partial charge >= 0.3 is 0 Å². The molecule has 0 bridgehead atoms. The van der Waals surface area contributed by atoms with Crippen LogP contribution in [-0.2, 0) is 9.57 Å². The van der Waals surface area contributed by atoms with Crippen LogP contribution in [0.25, 0.3) is 0 Å². The highest BCUT2D eigenvalue weighted by Crippen LogP contribution is 2.29. The SMILES string of the molecule is CCC1CCCCC1OCC(O)CNOC1CCCC1. The molecule has 2 fully saturated rings. The molecule has 20 heavy (non-hydrogen) atoms. The van der Waals surface area contributed by atoms with E-state index in [1.54, 1.807) is 0 Å². The van der Waals surface area contributed by atoms with Gasteiger partial charge in [0, 0.05) is 6.54 Å². The molecule has 0 aliphatic heterocycles. The summed E-state index contributed by atoms with van der Waals surface area (Å²) in [7, 11) is 0. The second kappa shape index (κ2) is 8.98. The van der Waals surface area contributed by atoms with Crippen LogP contribution in [0.15, 0.2) is 0 Å². The Morgan fingerprint density at radius 2 is 1.80 bits per heavy atom. The van der Waals surface area contributed by atoms with Crippen molar-refractivity contribution in [1.82, 2.24) is 5.48 Å². The highest BCUT2D eigenvalue weighted by Gasteiger charge is 2.25. The molecule has 0 amide bonds. The Morgan fingerprint density at radius 1 is 1.10 bits per heavy atom. The zero-order chi connectivity index (χ0) is 14.2. The van der Waals surface area contributed by atoms with Crippen molar-refractivity contribution in [2.24, 2.45) is 5.92 Å². The smallest absolute Gasteiger partial charge is 0.0921 e. The fourth-order valence-electron chi connectivity index (χ4n) is 3.42. The number of rotatable bonds is 8. The van der Waals surface area contributed by atoms with Crippen molar-refractivity contribution in [2.75, 3.05) is 13.2 Å². The summed E-state index contributed by atoms with van der Waals surface area (Å²) in [5, 5.41) is 9.95. The van der Waals surface area contributed by atoms with Gasteiger partial charge in [-0.25, -0.2) is 0 Å². The Labute approximate surface area is 123 Å². The summed E-state index contributed by atoms with van der Waals surface area (Å²) in [5.74, 6) is 0.679. The molecular weight excluding hydrogens is 254 g/mol. The van der Waals surface area contributed by atoms with Crippen LogP contribution in [0.2, 0.25) is 0 Å². The van der Waals surface area contributed by atoms with Crippen molar-refractivity contribution in [3.63, 3.8) is 0 Å². The molecule has 3 atom stereocenters. The fraction of sp³-hybridized carbons (Fsp3) is 1.00. The van der Waals surface area contributed by atoms with Crippen molar-refractivity contribution >= 4 is 0 Å². The van der Waals surface area contributed by atoms with Crippen LogP contribution < -0.4 is 5.48 Å². The van der Waals surface area contributed by atoms with Crippen molar-refractivity contribution < 1.29 is 14.7 Å². The molecular formula is C16H31NO3. The summed E-state index contributed by atoms with van der Waals surface area (Å²) < 4.78 is 5.93. The van der Waals surface area contributed by atoms with Crippen LogP contribution in [0.3, 0.4) is 0 Å². The van der Waals surface area contributed by atoms with Gasteiger partial charge in [-0.05, 0) is 31.6 Å². The fourth-order valence-corrected chi connectivity index (χ4v) is 3.42. The topological polar surface area (TPSA) is 50.7 Å². The van der Waals surface area contributed by atoms with Crippen molar-refractivity contribution in [3.8, 4) is 0 Å². The van der Waals surface area contributed by atoms with E-state index in [4.69, 9.17) is 9.57 Å². The van der Waals surface area contributed by atoms with E-state index in [1.807, 2.05) is 0 Å². The van der Waals surface area contributed by atoms with Crippen LogP contribution in [0.1, 0.15) is 64.7 Å². The summed E-state index contributed by atoms with van der Waals surface area (Å²) in [6.07, 6.45) is 11.2. The molecule has 0 heterocycles. The summed E-state index contributed by atoms with van der Waals surface area (Å²) >= 11 is 0. The van der Waals surface area contributed by atoms with Gasteiger partial charge in [0.25, 0.3) is 0 Å². The second-order valence-electron chi connectivity index (χ2n) is 6.35. The van der Waals surface area contributed by atoms with Crippen LogP contribution in [0.5, 0.6) is 0 Å². The first-order valence-electron chi connectivity index (χ1n) is 8.47. The highest BCUT2D eigenvalue weighted by molar-refractivity contribution is 4.75. The van der Waals surface area contributed by atoms with Gasteiger partial charge in [0.1, 0.15) is 0 Å². The van der Waals surface area contributed by atoms with E-state index in [0.717, 1.165) is 19.3 Å². The lowest BCUT2D eigenvalue weighted by molar-refractivity contribution is -0.0748.